The number of carbonyl (C=O) groups is 2. The van der Waals surface area contributed by atoms with Crippen molar-refractivity contribution in [2.75, 3.05) is 25.1 Å². The van der Waals surface area contributed by atoms with Gasteiger partial charge in [0.2, 0.25) is 0 Å². The largest absolute Gasteiger partial charge is 0.496 e. The number of rotatable bonds is 6. The Bertz CT molecular complexity index is 1010. The Kier molecular flexibility index (Phi) is 5.48. The van der Waals surface area contributed by atoms with E-state index in [9.17, 15) is 9.59 Å². The van der Waals surface area contributed by atoms with Crippen LogP contribution in [0, 0.1) is 0 Å². The molecule has 1 fully saturated rings. The summed E-state index contributed by atoms with van der Waals surface area (Å²) in [4.78, 5) is 30.6. The molecule has 0 aromatic heterocycles. The zero-order chi connectivity index (χ0) is 21.3. The van der Waals surface area contributed by atoms with Gasteiger partial charge in [-0.25, -0.2) is 4.90 Å². The number of ether oxygens (including phenoxy) is 2. The van der Waals surface area contributed by atoms with Gasteiger partial charge in [0.05, 0.1) is 24.5 Å². The number of para-hydroxylation sites is 3. The van der Waals surface area contributed by atoms with Crippen LogP contribution in [-0.4, -0.2) is 43.0 Å². The van der Waals surface area contributed by atoms with Crippen molar-refractivity contribution in [3.8, 4) is 11.5 Å². The zero-order valence-corrected chi connectivity index (χ0v) is 17.6. The second-order valence-electron chi connectivity index (χ2n) is 7.70. The standard InChI is InChI=1S/C24H26N2O4/c1-16(2)30-20-13-7-5-11-18(20)26-23(27)21(17-10-4-6-12-19(17)29-3)22(24(26)28)25-14-8-9-15-25/h4-7,10-13,16H,8-9,14-15H2,1-3H3. The summed E-state index contributed by atoms with van der Waals surface area (Å²) in [6.45, 7) is 5.34. The Morgan fingerprint density at radius 1 is 0.867 bits per heavy atom. The third-order valence-electron chi connectivity index (χ3n) is 5.33. The van der Waals surface area contributed by atoms with Crippen LogP contribution < -0.4 is 14.4 Å². The van der Waals surface area contributed by atoms with Crippen LogP contribution in [-0.2, 0) is 9.59 Å². The molecule has 2 amide bonds. The molecule has 2 aliphatic heterocycles. The molecule has 0 radical (unpaired) electrons. The van der Waals surface area contributed by atoms with Gasteiger partial charge in [-0.05, 0) is 44.9 Å². The first-order valence-corrected chi connectivity index (χ1v) is 10.3. The molecule has 156 valence electrons. The quantitative estimate of drug-likeness (QED) is 0.682. The lowest BCUT2D eigenvalue weighted by Gasteiger charge is -2.22. The minimum absolute atomic E-state index is 0.0846. The maximum atomic E-state index is 13.7. The number of methoxy groups -OCH3 is 1. The molecule has 0 N–H and O–H groups in total. The molecule has 0 saturated carbocycles. The van der Waals surface area contributed by atoms with Crippen molar-refractivity contribution >= 4 is 23.1 Å². The molecule has 4 rings (SSSR count). The molecule has 2 heterocycles. The Labute approximate surface area is 176 Å². The Morgan fingerprint density at radius 2 is 1.50 bits per heavy atom. The van der Waals surface area contributed by atoms with E-state index in [0.717, 1.165) is 25.9 Å². The molecule has 2 aromatic carbocycles. The van der Waals surface area contributed by atoms with E-state index in [-0.39, 0.29) is 17.9 Å². The first kappa shape index (κ1) is 20.0. The summed E-state index contributed by atoms with van der Waals surface area (Å²) in [5.74, 6) is 0.406. The third kappa shape index (κ3) is 3.43. The van der Waals surface area contributed by atoms with Crippen LogP contribution in [0.2, 0.25) is 0 Å². The smallest absolute Gasteiger partial charge is 0.282 e. The number of hydrogen-bond acceptors (Lipinski definition) is 5. The number of likely N-dealkylation sites (tertiary alicyclic amines) is 1. The molecule has 30 heavy (non-hydrogen) atoms. The predicted octanol–water partition coefficient (Wildman–Crippen LogP) is 3.86. The van der Waals surface area contributed by atoms with Crippen molar-refractivity contribution in [2.45, 2.75) is 32.8 Å². The second-order valence-corrected chi connectivity index (χ2v) is 7.70. The normalized spacial score (nSPS) is 16.8. The summed E-state index contributed by atoms with van der Waals surface area (Å²) in [5.41, 5.74) is 1.92. The average Bonchev–Trinajstić information content (AvgIpc) is 3.34. The first-order chi connectivity index (χ1) is 14.5. The van der Waals surface area contributed by atoms with Gasteiger partial charge in [-0.1, -0.05) is 30.3 Å². The van der Waals surface area contributed by atoms with Crippen molar-refractivity contribution in [1.29, 1.82) is 0 Å². The highest BCUT2D eigenvalue weighted by Crippen LogP contribution is 2.41. The first-order valence-electron chi connectivity index (χ1n) is 10.3. The summed E-state index contributed by atoms with van der Waals surface area (Å²) in [6.07, 6.45) is 1.91. The molecule has 2 aromatic rings. The second kappa shape index (κ2) is 8.22. The molecule has 0 bridgehead atoms. The number of amides is 2. The third-order valence-corrected chi connectivity index (χ3v) is 5.33. The molecule has 1 saturated heterocycles. The van der Waals surface area contributed by atoms with Crippen molar-refractivity contribution in [3.05, 3.63) is 59.8 Å². The van der Waals surface area contributed by atoms with E-state index in [4.69, 9.17) is 9.47 Å². The van der Waals surface area contributed by atoms with E-state index < -0.39 is 0 Å². The van der Waals surface area contributed by atoms with Crippen LogP contribution in [0.25, 0.3) is 5.57 Å². The highest BCUT2D eigenvalue weighted by Gasteiger charge is 2.44. The van der Waals surface area contributed by atoms with E-state index in [1.54, 1.807) is 31.4 Å². The van der Waals surface area contributed by atoms with Gasteiger partial charge in [0.15, 0.2) is 0 Å². The van der Waals surface area contributed by atoms with Gasteiger partial charge in [0, 0.05) is 18.7 Å². The summed E-state index contributed by atoms with van der Waals surface area (Å²) < 4.78 is 11.4. The van der Waals surface area contributed by atoms with Crippen molar-refractivity contribution in [3.63, 3.8) is 0 Å². The molecule has 0 spiro atoms. The number of carbonyl (C=O) groups excluding carboxylic acids is 2. The minimum Gasteiger partial charge on any atom is -0.496 e. The average molecular weight is 406 g/mol. The lowest BCUT2D eigenvalue weighted by atomic mass is 10.0. The van der Waals surface area contributed by atoms with Gasteiger partial charge < -0.3 is 14.4 Å². The monoisotopic (exact) mass is 406 g/mol. The summed E-state index contributed by atoms with van der Waals surface area (Å²) in [6, 6.07) is 14.5. The van der Waals surface area contributed by atoms with Crippen molar-refractivity contribution in [2.24, 2.45) is 0 Å². The molecule has 0 aliphatic carbocycles. The Hall–Kier alpha value is -3.28. The summed E-state index contributed by atoms with van der Waals surface area (Å²) in [7, 11) is 1.57. The van der Waals surface area contributed by atoms with Crippen LogP contribution >= 0.6 is 0 Å². The highest BCUT2D eigenvalue weighted by molar-refractivity contribution is 6.46. The summed E-state index contributed by atoms with van der Waals surface area (Å²) in [5, 5.41) is 0. The zero-order valence-electron chi connectivity index (χ0n) is 17.6. The number of imide groups is 1. The van der Waals surface area contributed by atoms with Gasteiger partial charge >= 0.3 is 0 Å². The number of anilines is 1. The van der Waals surface area contributed by atoms with Crippen LogP contribution in [0.1, 0.15) is 32.3 Å². The SMILES string of the molecule is COc1ccccc1C1=C(N2CCCC2)C(=O)N(c2ccccc2OC(C)C)C1=O. The number of hydrogen-bond donors (Lipinski definition) is 0. The summed E-state index contributed by atoms with van der Waals surface area (Å²) >= 11 is 0. The number of benzene rings is 2. The molecule has 0 unspecified atom stereocenters. The van der Waals surface area contributed by atoms with Crippen LogP contribution in [0.5, 0.6) is 11.5 Å². The van der Waals surface area contributed by atoms with E-state index in [2.05, 4.69) is 0 Å². The van der Waals surface area contributed by atoms with Crippen LogP contribution in [0.15, 0.2) is 54.2 Å². The van der Waals surface area contributed by atoms with Gasteiger partial charge in [0.25, 0.3) is 11.8 Å². The van der Waals surface area contributed by atoms with Gasteiger partial charge in [-0.3, -0.25) is 9.59 Å². The Balaban J connectivity index is 1.86. The molecule has 6 heteroatoms. The lowest BCUT2D eigenvalue weighted by Crippen LogP contribution is -2.35. The van der Waals surface area contributed by atoms with Gasteiger partial charge in [0.1, 0.15) is 17.2 Å². The maximum absolute atomic E-state index is 13.7. The van der Waals surface area contributed by atoms with E-state index in [1.807, 2.05) is 43.0 Å². The fourth-order valence-corrected chi connectivity index (χ4v) is 4.06. The molecule has 0 atom stereocenters. The number of nitrogens with zero attached hydrogens (tertiary/aromatic N) is 2. The van der Waals surface area contributed by atoms with Crippen LogP contribution in [0.3, 0.4) is 0 Å². The predicted molar refractivity (Wildman–Crippen MR) is 115 cm³/mol. The van der Waals surface area contributed by atoms with Gasteiger partial charge in [-0.15, -0.1) is 0 Å². The van der Waals surface area contributed by atoms with Crippen molar-refractivity contribution < 1.29 is 19.1 Å². The minimum atomic E-state index is -0.355. The fourth-order valence-electron chi connectivity index (χ4n) is 4.06. The molecule has 6 nitrogen and oxygen atoms in total. The van der Waals surface area contributed by atoms with E-state index in [0.29, 0.717) is 34.0 Å². The van der Waals surface area contributed by atoms with E-state index in [1.165, 1.54) is 4.90 Å². The molecule has 2 aliphatic rings. The molecular formula is C24H26N2O4. The fraction of sp³-hybridized carbons (Fsp3) is 0.333. The maximum Gasteiger partial charge on any atom is 0.282 e. The van der Waals surface area contributed by atoms with Gasteiger partial charge in [-0.2, -0.15) is 0 Å². The topological polar surface area (TPSA) is 59.1 Å². The molecular weight excluding hydrogens is 380 g/mol. The van der Waals surface area contributed by atoms with Crippen LogP contribution in [0.4, 0.5) is 5.69 Å². The highest BCUT2D eigenvalue weighted by atomic mass is 16.5. The van der Waals surface area contributed by atoms with Crippen molar-refractivity contribution in [1.82, 2.24) is 4.90 Å². The lowest BCUT2D eigenvalue weighted by molar-refractivity contribution is -0.120. The van der Waals surface area contributed by atoms with E-state index >= 15 is 0 Å². The Morgan fingerprint density at radius 3 is 2.17 bits per heavy atom.